The van der Waals surface area contributed by atoms with Gasteiger partial charge in [0.1, 0.15) is 6.21 Å². The van der Waals surface area contributed by atoms with E-state index in [1.165, 1.54) is 19.3 Å². The summed E-state index contributed by atoms with van der Waals surface area (Å²) in [6, 6.07) is 7.68. The molecule has 0 aliphatic carbocycles. The van der Waals surface area contributed by atoms with Gasteiger partial charge in [0.25, 0.3) is 5.91 Å². The first kappa shape index (κ1) is 12.4. The number of benzene rings is 1. The minimum absolute atomic E-state index is 0.429. The van der Waals surface area contributed by atoms with Crippen molar-refractivity contribution in [2.75, 3.05) is 23.3 Å². The normalized spacial score (nSPS) is 15.9. The number of carbonyl (C=O) groups is 1. The molecule has 1 aliphatic heterocycles. The zero-order valence-electron chi connectivity index (χ0n) is 10.2. The van der Waals surface area contributed by atoms with Gasteiger partial charge in [0.15, 0.2) is 0 Å². The lowest BCUT2D eigenvalue weighted by Crippen LogP contribution is -2.30. The molecule has 5 nitrogen and oxygen atoms in total. The Balaban J connectivity index is 2.16. The van der Waals surface area contributed by atoms with Gasteiger partial charge in [-0.1, -0.05) is 17.3 Å². The van der Waals surface area contributed by atoms with E-state index >= 15 is 0 Å². The summed E-state index contributed by atoms with van der Waals surface area (Å²) >= 11 is 0. The zero-order valence-corrected chi connectivity index (χ0v) is 10.2. The second-order valence-corrected chi connectivity index (χ2v) is 4.30. The average Bonchev–Trinajstić information content (AvgIpc) is 2.40. The number of carbonyl (C=O) groups excluding carboxylic acids is 1. The molecule has 2 rings (SSSR count). The second-order valence-electron chi connectivity index (χ2n) is 4.30. The average molecular weight is 247 g/mol. The van der Waals surface area contributed by atoms with E-state index in [0.717, 1.165) is 30.7 Å². The Bertz CT molecular complexity index is 440. The van der Waals surface area contributed by atoms with Crippen molar-refractivity contribution in [1.82, 2.24) is 0 Å². The van der Waals surface area contributed by atoms with Crippen LogP contribution >= 0.6 is 0 Å². The Morgan fingerprint density at radius 2 is 2.00 bits per heavy atom. The van der Waals surface area contributed by atoms with Gasteiger partial charge in [-0.05, 0) is 31.4 Å². The number of nitrogens with one attached hydrogen (secondary N) is 1. The number of para-hydroxylation sites is 2. The van der Waals surface area contributed by atoms with Crippen molar-refractivity contribution >= 4 is 23.5 Å². The number of hydrogen-bond acceptors (Lipinski definition) is 4. The molecule has 96 valence electrons. The summed E-state index contributed by atoms with van der Waals surface area (Å²) in [6.07, 6.45) is 4.48. The molecule has 0 saturated carbocycles. The topological polar surface area (TPSA) is 64.9 Å². The second kappa shape index (κ2) is 6.05. The van der Waals surface area contributed by atoms with Gasteiger partial charge in [-0.2, -0.15) is 0 Å². The number of anilines is 2. The number of amides is 1. The standard InChI is InChI=1S/C13H17N3O2/c17-13(10-14-18)15-11-6-2-3-7-12(11)16-8-4-1-5-9-16/h2-3,6-7,10,18H,1,4-5,8-9H2,(H,15,17)/b14-10-. The van der Waals surface area contributed by atoms with Crippen LogP contribution < -0.4 is 10.2 Å². The molecule has 1 saturated heterocycles. The highest BCUT2D eigenvalue weighted by atomic mass is 16.4. The predicted octanol–water partition coefficient (Wildman–Crippen LogP) is 2.08. The molecule has 0 spiro atoms. The minimum Gasteiger partial charge on any atom is -0.411 e. The molecule has 1 aromatic rings. The molecule has 0 radical (unpaired) electrons. The van der Waals surface area contributed by atoms with Crippen LogP contribution in [-0.4, -0.2) is 30.4 Å². The fourth-order valence-electron chi connectivity index (χ4n) is 2.21. The molecule has 2 N–H and O–H groups in total. The zero-order chi connectivity index (χ0) is 12.8. The van der Waals surface area contributed by atoms with E-state index in [1.54, 1.807) is 0 Å². The van der Waals surface area contributed by atoms with Crippen LogP contribution in [-0.2, 0) is 4.79 Å². The fraction of sp³-hybridized carbons (Fsp3) is 0.385. The lowest BCUT2D eigenvalue weighted by molar-refractivity contribution is -0.110. The number of oxime groups is 1. The van der Waals surface area contributed by atoms with E-state index < -0.39 is 5.91 Å². The number of rotatable bonds is 3. The van der Waals surface area contributed by atoms with Crippen molar-refractivity contribution in [1.29, 1.82) is 0 Å². The summed E-state index contributed by atoms with van der Waals surface area (Å²) in [6.45, 7) is 2.03. The maximum Gasteiger partial charge on any atom is 0.270 e. The van der Waals surface area contributed by atoms with Crippen LogP contribution in [0.4, 0.5) is 11.4 Å². The Labute approximate surface area is 106 Å². The molecule has 1 amide bonds. The van der Waals surface area contributed by atoms with Crippen molar-refractivity contribution < 1.29 is 10.0 Å². The third kappa shape index (κ3) is 3.00. The van der Waals surface area contributed by atoms with Crippen LogP contribution in [0.15, 0.2) is 29.4 Å². The molecule has 18 heavy (non-hydrogen) atoms. The van der Waals surface area contributed by atoms with Gasteiger partial charge in [0.2, 0.25) is 0 Å². The summed E-state index contributed by atoms with van der Waals surface area (Å²) in [5, 5.41) is 13.8. The highest BCUT2D eigenvalue weighted by molar-refractivity contribution is 6.32. The molecule has 1 aromatic carbocycles. The third-order valence-electron chi connectivity index (χ3n) is 3.03. The predicted molar refractivity (Wildman–Crippen MR) is 71.4 cm³/mol. The van der Waals surface area contributed by atoms with Gasteiger partial charge in [-0.3, -0.25) is 4.79 Å². The fourth-order valence-corrected chi connectivity index (χ4v) is 2.21. The van der Waals surface area contributed by atoms with E-state index in [-0.39, 0.29) is 0 Å². The van der Waals surface area contributed by atoms with Gasteiger partial charge < -0.3 is 15.4 Å². The molecule has 1 heterocycles. The van der Waals surface area contributed by atoms with E-state index in [1.807, 2.05) is 24.3 Å². The highest BCUT2D eigenvalue weighted by Gasteiger charge is 2.14. The number of hydrogen-bond donors (Lipinski definition) is 2. The van der Waals surface area contributed by atoms with Crippen molar-refractivity contribution in [2.45, 2.75) is 19.3 Å². The SMILES string of the molecule is O=C(/C=N\O)Nc1ccccc1N1CCCCC1. The Morgan fingerprint density at radius 1 is 1.28 bits per heavy atom. The Morgan fingerprint density at radius 3 is 2.72 bits per heavy atom. The Hall–Kier alpha value is -2.04. The van der Waals surface area contributed by atoms with E-state index in [4.69, 9.17) is 5.21 Å². The van der Waals surface area contributed by atoms with Crippen LogP contribution in [0.2, 0.25) is 0 Å². The minimum atomic E-state index is -0.429. The van der Waals surface area contributed by atoms with Gasteiger partial charge >= 0.3 is 0 Å². The van der Waals surface area contributed by atoms with Crippen LogP contribution in [0.25, 0.3) is 0 Å². The number of nitrogens with zero attached hydrogens (tertiary/aromatic N) is 2. The van der Waals surface area contributed by atoms with Crippen LogP contribution in [0.5, 0.6) is 0 Å². The third-order valence-corrected chi connectivity index (χ3v) is 3.03. The molecule has 0 unspecified atom stereocenters. The molecule has 0 bridgehead atoms. The van der Waals surface area contributed by atoms with E-state index in [0.29, 0.717) is 0 Å². The van der Waals surface area contributed by atoms with E-state index in [2.05, 4.69) is 15.4 Å². The molecule has 1 aliphatic rings. The van der Waals surface area contributed by atoms with Crippen molar-refractivity contribution in [3.8, 4) is 0 Å². The lowest BCUT2D eigenvalue weighted by Gasteiger charge is -2.30. The first-order chi connectivity index (χ1) is 8.81. The quantitative estimate of drug-likeness (QED) is 0.488. The maximum atomic E-state index is 11.4. The first-order valence-electron chi connectivity index (χ1n) is 6.13. The van der Waals surface area contributed by atoms with Crippen molar-refractivity contribution in [3.05, 3.63) is 24.3 Å². The first-order valence-corrected chi connectivity index (χ1v) is 6.13. The summed E-state index contributed by atoms with van der Waals surface area (Å²) < 4.78 is 0. The molecule has 0 aromatic heterocycles. The monoisotopic (exact) mass is 247 g/mol. The summed E-state index contributed by atoms with van der Waals surface area (Å²) in [4.78, 5) is 13.7. The van der Waals surface area contributed by atoms with Gasteiger partial charge in [0.05, 0.1) is 11.4 Å². The Kier molecular flexibility index (Phi) is 4.17. The molecular formula is C13H17N3O2. The summed E-state index contributed by atoms with van der Waals surface area (Å²) in [7, 11) is 0. The van der Waals surface area contributed by atoms with Crippen LogP contribution in [0, 0.1) is 0 Å². The highest BCUT2D eigenvalue weighted by Crippen LogP contribution is 2.27. The smallest absolute Gasteiger partial charge is 0.270 e. The maximum absolute atomic E-state index is 11.4. The largest absolute Gasteiger partial charge is 0.411 e. The van der Waals surface area contributed by atoms with Gasteiger partial charge in [0, 0.05) is 13.1 Å². The molecule has 0 atom stereocenters. The number of piperidine rings is 1. The van der Waals surface area contributed by atoms with Crippen LogP contribution in [0.3, 0.4) is 0 Å². The van der Waals surface area contributed by atoms with Crippen LogP contribution in [0.1, 0.15) is 19.3 Å². The lowest BCUT2D eigenvalue weighted by atomic mass is 10.1. The van der Waals surface area contributed by atoms with Gasteiger partial charge in [-0.25, -0.2) is 0 Å². The molecule has 1 fully saturated rings. The van der Waals surface area contributed by atoms with E-state index in [9.17, 15) is 4.79 Å². The van der Waals surface area contributed by atoms with Gasteiger partial charge in [-0.15, -0.1) is 0 Å². The summed E-state index contributed by atoms with van der Waals surface area (Å²) in [5.41, 5.74) is 1.78. The van der Waals surface area contributed by atoms with Crippen molar-refractivity contribution in [2.24, 2.45) is 5.16 Å². The molecule has 5 heteroatoms. The molecular weight excluding hydrogens is 230 g/mol. The van der Waals surface area contributed by atoms with Crippen molar-refractivity contribution in [3.63, 3.8) is 0 Å². The summed E-state index contributed by atoms with van der Waals surface area (Å²) in [5.74, 6) is -0.429.